The minimum Gasteiger partial charge on any atom is -0.508 e. The Morgan fingerprint density at radius 2 is 1.78 bits per heavy atom. The highest BCUT2D eigenvalue weighted by Gasteiger charge is 2.02. The SMILES string of the molecule is C=O.Cc1ccc(SCC(=O)NN)cc1O.Cc1ccccc1. The van der Waals surface area contributed by atoms with Crippen LogP contribution in [-0.2, 0) is 9.59 Å². The summed E-state index contributed by atoms with van der Waals surface area (Å²) in [4.78, 5) is 19.7. The van der Waals surface area contributed by atoms with Crippen LogP contribution in [0.1, 0.15) is 11.1 Å². The van der Waals surface area contributed by atoms with E-state index in [1.807, 2.05) is 43.4 Å². The number of thioether (sulfide) groups is 1. The van der Waals surface area contributed by atoms with E-state index in [0.717, 1.165) is 10.5 Å². The third-order valence-corrected chi connectivity index (χ3v) is 3.65. The zero-order valence-corrected chi connectivity index (χ0v) is 14.1. The fraction of sp³-hybridized carbons (Fsp3) is 0.176. The molecule has 0 atom stereocenters. The molecule has 2 aromatic rings. The van der Waals surface area contributed by atoms with Gasteiger partial charge in [0.25, 0.3) is 0 Å². The average Bonchev–Trinajstić information content (AvgIpc) is 2.58. The first kappa shape index (κ1) is 20.7. The van der Waals surface area contributed by atoms with E-state index in [1.54, 1.807) is 12.1 Å². The van der Waals surface area contributed by atoms with E-state index in [1.165, 1.54) is 17.3 Å². The molecule has 23 heavy (non-hydrogen) atoms. The van der Waals surface area contributed by atoms with Crippen molar-refractivity contribution < 1.29 is 14.7 Å². The molecular weight excluding hydrogens is 312 g/mol. The molecule has 0 radical (unpaired) electrons. The minimum absolute atomic E-state index is 0.239. The number of nitrogens with one attached hydrogen (secondary N) is 1. The van der Waals surface area contributed by atoms with Crippen LogP contribution in [0.3, 0.4) is 0 Å². The lowest BCUT2D eigenvalue weighted by molar-refractivity contribution is -0.118. The van der Waals surface area contributed by atoms with Crippen LogP contribution < -0.4 is 11.3 Å². The first-order valence-corrected chi connectivity index (χ1v) is 7.74. The predicted molar refractivity (Wildman–Crippen MR) is 94.2 cm³/mol. The van der Waals surface area contributed by atoms with Crippen molar-refractivity contribution in [3.63, 3.8) is 0 Å². The molecular formula is C17H22N2O3S. The van der Waals surface area contributed by atoms with Gasteiger partial charge >= 0.3 is 0 Å². The van der Waals surface area contributed by atoms with Crippen LogP contribution in [0.15, 0.2) is 53.4 Å². The highest BCUT2D eigenvalue weighted by molar-refractivity contribution is 8.00. The number of amides is 1. The van der Waals surface area contributed by atoms with Gasteiger partial charge in [-0.25, -0.2) is 5.84 Å². The maximum atomic E-state index is 10.8. The van der Waals surface area contributed by atoms with Crippen molar-refractivity contribution >= 4 is 24.5 Å². The lowest BCUT2D eigenvalue weighted by Gasteiger charge is -2.03. The Hall–Kier alpha value is -2.31. The molecule has 0 aliphatic rings. The molecule has 5 nitrogen and oxygen atoms in total. The van der Waals surface area contributed by atoms with Gasteiger partial charge in [0.15, 0.2) is 0 Å². The summed E-state index contributed by atoms with van der Waals surface area (Å²) >= 11 is 1.32. The van der Waals surface area contributed by atoms with Gasteiger partial charge in [-0.15, -0.1) is 11.8 Å². The van der Waals surface area contributed by atoms with Crippen LogP contribution in [0.5, 0.6) is 5.75 Å². The van der Waals surface area contributed by atoms with Gasteiger partial charge in [-0.1, -0.05) is 42.0 Å². The summed E-state index contributed by atoms with van der Waals surface area (Å²) in [5, 5.41) is 9.38. The zero-order valence-electron chi connectivity index (χ0n) is 13.3. The number of phenols is 1. The number of hydrogen-bond donors (Lipinski definition) is 3. The van der Waals surface area contributed by atoms with Crippen molar-refractivity contribution in [3.8, 4) is 5.75 Å². The molecule has 0 aromatic heterocycles. The summed E-state index contributed by atoms with van der Waals surface area (Å²) in [6.45, 7) is 5.90. The summed E-state index contributed by atoms with van der Waals surface area (Å²) in [5.74, 6) is 5.18. The van der Waals surface area contributed by atoms with Crippen molar-refractivity contribution in [1.29, 1.82) is 0 Å². The van der Waals surface area contributed by atoms with Crippen molar-refractivity contribution in [3.05, 3.63) is 59.7 Å². The molecule has 0 spiro atoms. The Bertz CT molecular complexity index is 592. The quantitative estimate of drug-likeness (QED) is 0.347. The Morgan fingerprint density at radius 3 is 2.22 bits per heavy atom. The third-order valence-electron chi connectivity index (χ3n) is 2.65. The topological polar surface area (TPSA) is 92.4 Å². The van der Waals surface area contributed by atoms with E-state index in [0.29, 0.717) is 0 Å². The van der Waals surface area contributed by atoms with E-state index in [9.17, 15) is 9.90 Å². The second-order valence-corrected chi connectivity index (χ2v) is 5.51. The van der Waals surface area contributed by atoms with Gasteiger partial charge in [0.05, 0.1) is 5.75 Å². The van der Waals surface area contributed by atoms with Gasteiger partial charge in [-0.3, -0.25) is 10.2 Å². The number of nitrogens with two attached hydrogens (primary N) is 1. The monoisotopic (exact) mass is 334 g/mol. The molecule has 0 fully saturated rings. The van der Waals surface area contributed by atoms with Crippen LogP contribution in [0.2, 0.25) is 0 Å². The van der Waals surface area contributed by atoms with Gasteiger partial charge in [-0.05, 0) is 31.5 Å². The number of hydrazine groups is 1. The Labute approximate surface area is 140 Å². The summed E-state index contributed by atoms with van der Waals surface area (Å²) in [7, 11) is 0. The van der Waals surface area contributed by atoms with Crippen LogP contribution in [0.4, 0.5) is 0 Å². The van der Waals surface area contributed by atoms with Crippen molar-refractivity contribution in [1.82, 2.24) is 5.43 Å². The standard InChI is InChI=1S/C9H12N2O2S.C7H8.CH2O/c1-6-2-3-7(4-8(6)12)14-5-9(13)11-10;1-7-5-3-2-4-6-7;1-2/h2-4,12H,5,10H2,1H3,(H,11,13);2-6H,1H3;1H2. The fourth-order valence-electron chi connectivity index (χ4n) is 1.40. The van der Waals surface area contributed by atoms with Gasteiger partial charge in [0.1, 0.15) is 12.5 Å². The summed E-state index contributed by atoms with van der Waals surface area (Å²) in [6, 6.07) is 15.5. The minimum atomic E-state index is -0.241. The number of aromatic hydroxyl groups is 1. The number of rotatable bonds is 3. The number of carbonyl (C=O) groups excluding carboxylic acids is 2. The first-order valence-electron chi connectivity index (χ1n) is 6.75. The maximum absolute atomic E-state index is 10.8. The van der Waals surface area contributed by atoms with Crippen molar-refractivity contribution in [2.75, 3.05) is 5.75 Å². The molecule has 2 rings (SSSR count). The number of hydrogen-bond acceptors (Lipinski definition) is 5. The second-order valence-electron chi connectivity index (χ2n) is 4.46. The lowest BCUT2D eigenvalue weighted by atomic mass is 10.2. The predicted octanol–water partition coefficient (Wildman–Crippen LogP) is 2.59. The number of carbonyl (C=O) groups is 2. The van der Waals surface area contributed by atoms with E-state index < -0.39 is 0 Å². The molecule has 1 amide bonds. The van der Waals surface area contributed by atoms with Gasteiger partial charge in [0, 0.05) is 4.90 Å². The van der Waals surface area contributed by atoms with Crippen LogP contribution >= 0.6 is 11.8 Å². The molecule has 0 saturated carbocycles. The summed E-state index contributed by atoms with van der Waals surface area (Å²) in [6.07, 6.45) is 0. The Balaban J connectivity index is 0.000000449. The highest BCUT2D eigenvalue weighted by Crippen LogP contribution is 2.24. The van der Waals surface area contributed by atoms with Gasteiger partial charge in [0.2, 0.25) is 5.91 Å². The molecule has 0 aliphatic carbocycles. The molecule has 0 bridgehead atoms. The zero-order chi connectivity index (χ0) is 17.7. The fourth-order valence-corrected chi connectivity index (χ4v) is 2.14. The molecule has 4 N–H and O–H groups in total. The summed E-state index contributed by atoms with van der Waals surface area (Å²) in [5.41, 5.74) is 4.18. The van der Waals surface area contributed by atoms with E-state index >= 15 is 0 Å². The normalized spacial score (nSPS) is 8.83. The molecule has 0 unspecified atom stereocenters. The molecule has 2 aromatic carbocycles. The first-order chi connectivity index (χ1) is 11.0. The smallest absolute Gasteiger partial charge is 0.244 e. The highest BCUT2D eigenvalue weighted by atomic mass is 32.2. The average molecular weight is 334 g/mol. The Kier molecular flexibility index (Phi) is 11.0. The van der Waals surface area contributed by atoms with Gasteiger partial charge < -0.3 is 9.90 Å². The largest absolute Gasteiger partial charge is 0.508 e. The third kappa shape index (κ3) is 9.34. The number of phenolic OH excluding ortho intramolecular Hbond substituents is 1. The Morgan fingerprint density at radius 1 is 1.17 bits per heavy atom. The molecule has 0 aliphatic heterocycles. The maximum Gasteiger partial charge on any atom is 0.244 e. The summed E-state index contributed by atoms with van der Waals surface area (Å²) < 4.78 is 0. The lowest BCUT2D eigenvalue weighted by Crippen LogP contribution is -2.31. The van der Waals surface area contributed by atoms with E-state index in [2.05, 4.69) is 19.1 Å². The van der Waals surface area contributed by atoms with Gasteiger partial charge in [-0.2, -0.15) is 0 Å². The molecule has 124 valence electrons. The van der Waals surface area contributed by atoms with Crippen LogP contribution in [-0.4, -0.2) is 23.6 Å². The molecule has 6 heteroatoms. The number of benzene rings is 2. The number of aryl methyl sites for hydroxylation is 2. The van der Waals surface area contributed by atoms with Crippen molar-refractivity contribution in [2.45, 2.75) is 18.7 Å². The van der Waals surface area contributed by atoms with Crippen LogP contribution in [0.25, 0.3) is 0 Å². The molecule has 0 heterocycles. The molecule has 0 saturated heterocycles. The second kappa shape index (κ2) is 12.3. The van der Waals surface area contributed by atoms with E-state index in [-0.39, 0.29) is 17.4 Å². The van der Waals surface area contributed by atoms with Crippen molar-refractivity contribution in [2.24, 2.45) is 5.84 Å². The van der Waals surface area contributed by atoms with Crippen LogP contribution in [0, 0.1) is 13.8 Å². The van der Waals surface area contributed by atoms with E-state index in [4.69, 9.17) is 10.6 Å².